The number of halogens is 1. The standard InChI is InChI=1S/C9H10ClNO2/c1-5(2)8-7(10)3-6(4-11-8)9(12)13/h3-5H,1-2H3,(H,12,13). The van der Waals surface area contributed by atoms with Crippen LogP contribution in [0.15, 0.2) is 12.3 Å². The molecule has 4 heteroatoms. The molecule has 0 radical (unpaired) electrons. The van der Waals surface area contributed by atoms with Gasteiger partial charge in [-0.25, -0.2) is 4.79 Å². The molecule has 0 aliphatic heterocycles. The van der Waals surface area contributed by atoms with Crippen LogP contribution >= 0.6 is 11.6 Å². The Morgan fingerprint density at radius 1 is 1.62 bits per heavy atom. The first kappa shape index (κ1) is 9.99. The van der Waals surface area contributed by atoms with E-state index in [9.17, 15) is 4.79 Å². The average molecular weight is 200 g/mol. The van der Waals surface area contributed by atoms with E-state index >= 15 is 0 Å². The third-order valence-corrected chi connectivity index (χ3v) is 1.97. The SMILES string of the molecule is CC(C)c1ncc(C(=O)O)cc1Cl. The van der Waals surface area contributed by atoms with Crippen molar-refractivity contribution >= 4 is 17.6 Å². The lowest BCUT2D eigenvalue weighted by molar-refractivity contribution is 0.0696. The molecule has 1 rings (SSSR count). The van der Waals surface area contributed by atoms with Crippen LogP contribution in [0, 0.1) is 0 Å². The van der Waals surface area contributed by atoms with Gasteiger partial charge in [0.1, 0.15) is 0 Å². The number of aromatic carboxylic acids is 1. The highest BCUT2D eigenvalue weighted by Crippen LogP contribution is 2.22. The van der Waals surface area contributed by atoms with Crippen molar-refractivity contribution in [3.05, 3.63) is 28.5 Å². The zero-order valence-corrected chi connectivity index (χ0v) is 8.17. The van der Waals surface area contributed by atoms with Crippen LogP contribution in [0.3, 0.4) is 0 Å². The van der Waals surface area contributed by atoms with Crippen molar-refractivity contribution in [1.82, 2.24) is 4.98 Å². The molecule has 70 valence electrons. The van der Waals surface area contributed by atoms with Crippen LogP contribution in [0.2, 0.25) is 5.02 Å². The van der Waals surface area contributed by atoms with Crippen molar-refractivity contribution in [1.29, 1.82) is 0 Å². The van der Waals surface area contributed by atoms with Gasteiger partial charge in [0.15, 0.2) is 0 Å². The Labute approximate surface area is 81.4 Å². The second-order valence-corrected chi connectivity index (χ2v) is 3.46. The fourth-order valence-corrected chi connectivity index (χ4v) is 1.37. The minimum atomic E-state index is -1.01. The van der Waals surface area contributed by atoms with Gasteiger partial charge in [0.05, 0.1) is 16.3 Å². The van der Waals surface area contributed by atoms with Crippen LogP contribution in [-0.4, -0.2) is 16.1 Å². The predicted molar refractivity (Wildman–Crippen MR) is 50.3 cm³/mol. The highest BCUT2D eigenvalue weighted by atomic mass is 35.5. The molecule has 0 spiro atoms. The number of rotatable bonds is 2. The van der Waals surface area contributed by atoms with Gasteiger partial charge in [-0.15, -0.1) is 0 Å². The third-order valence-electron chi connectivity index (χ3n) is 1.66. The molecule has 1 heterocycles. The van der Waals surface area contributed by atoms with Gasteiger partial charge in [0.25, 0.3) is 0 Å². The van der Waals surface area contributed by atoms with Crippen LogP contribution in [0.4, 0.5) is 0 Å². The molecule has 0 saturated carbocycles. The predicted octanol–water partition coefficient (Wildman–Crippen LogP) is 2.56. The summed E-state index contributed by atoms with van der Waals surface area (Å²) >= 11 is 5.84. The lowest BCUT2D eigenvalue weighted by atomic mass is 10.1. The molecule has 0 bridgehead atoms. The number of nitrogens with zero attached hydrogens (tertiary/aromatic N) is 1. The van der Waals surface area contributed by atoms with Gasteiger partial charge >= 0.3 is 5.97 Å². The molecule has 0 fully saturated rings. The van der Waals surface area contributed by atoms with E-state index in [4.69, 9.17) is 16.7 Å². The Bertz CT molecular complexity index is 336. The van der Waals surface area contributed by atoms with E-state index in [1.54, 1.807) is 0 Å². The normalized spacial score (nSPS) is 10.5. The molecular weight excluding hydrogens is 190 g/mol. The maximum absolute atomic E-state index is 10.5. The molecule has 3 nitrogen and oxygen atoms in total. The summed E-state index contributed by atoms with van der Waals surface area (Å²) in [5, 5.41) is 9.05. The van der Waals surface area contributed by atoms with Crippen LogP contribution in [0.25, 0.3) is 0 Å². The number of aromatic nitrogens is 1. The Hall–Kier alpha value is -1.09. The molecule has 1 N–H and O–H groups in total. The van der Waals surface area contributed by atoms with Crippen LogP contribution < -0.4 is 0 Å². The average Bonchev–Trinajstić information content (AvgIpc) is 2.03. The quantitative estimate of drug-likeness (QED) is 0.797. The van der Waals surface area contributed by atoms with E-state index in [2.05, 4.69) is 4.98 Å². The van der Waals surface area contributed by atoms with Crippen molar-refractivity contribution in [2.24, 2.45) is 0 Å². The van der Waals surface area contributed by atoms with E-state index < -0.39 is 5.97 Å². The van der Waals surface area contributed by atoms with Crippen molar-refractivity contribution < 1.29 is 9.90 Å². The van der Waals surface area contributed by atoms with Crippen LogP contribution in [0.5, 0.6) is 0 Å². The summed E-state index contributed by atoms with van der Waals surface area (Å²) in [7, 11) is 0. The summed E-state index contributed by atoms with van der Waals surface area (Å²) < 4.78 is 0. The molecule has 0 aliphatic carbocycles. The Balaban J connectivity index is 3.13. The molecule has 1 aromatic rings. The first-order valence-electron chi connectivity index (χ1n) is 3.91. The van der Waals surface area contributed by atoms with Gasteiger partial charge in [-0.2, -0.15) is 0 Å². The molecular formula is C9H10ClNO2. The number of carboxylic acid groups (broad SMARTS) is 1. The first-order chi connectivity index (χ1) is 6.02. The Morgan fingerprint density at radius 2 is 2.23 bits per heavy atom. The second kappa shape index (κ2) is 3.75. The zero-order valence-electron chi connectivity index (χ0n) is 7.41. The second-order valence-electron chi connectivity index (χ2n) is 3.05. The topological polar surface area (TPSA) is 50.2 Å². The van der Waals surface area contributed by atoms with Gasteiger partial charge in [-0.3, -0.25) is 4.98 Å². The number of pyridine rings is 1. The minimum Gasteiger partial charge on any atom is -0.478 e. The van der Waals surface area contributed by atoms with Gasteiger partial charge in [-0.1, -0.05) is 25.4 Å². The first-order valence-corrected chi connectivity index (χ1v) is 4.29. The number of hydrogen-bond acceptors (Lipinski definition) is 2. The number of carboxylic acids is 1. The Morgan fingerprint density at radius 3 is 2.62 bits per heavy atom. The molecule has 13 heavy (non-hydrogen) atoms. The van der Waals surface area contributed by atoms with Crippen molar-refractivity contribution in [3.63, 3.8) is 0 Å². The summed E-state index contributed by atoms with van der Waals surface area (Å²) in [5.74, 6) is -0.806. The largest absolute Gasteiger partial charge is 0.478 e. The highest BCUT2D eigenvalue weighted by Gasteiger charge is 2.10. The van der Waals surface area contributed by atoms with Gasteiger partial charge < -0.3 is 5.11 Å². The third kappa shape index (κ3) is 2.18. The van der Waals surface area contributed by atoms with E-state index in [1.807, 2.05) is 13.8 Å². The zero-order chi connectivity index (χ0) is 10.0. The van der Waals surface area contributed by atoms with Crippen LogP contribution in [-0.2, 0) is 0 Å². The van der Waals surface area contributed by atoms with Gasteiger partial charge in [0, 0.05) is 6.20 Å². The van der Waals surface area contributed by atoms with Crippen molar-refractivity contribution in [2.45, 2.75) is 19.8 Å². The maximum Gasteiger partial charge on any atom is 0.337 e. The Kier molecular flexibility index (Phi) is 2.88. The van der Waals surface area contributed by atoms with Gasteiger partial charge in [-0.05, 0) is 12.0 Å². The van der Waals surface area contributed by atoms with Crippen molar-refractivity contribution in [2.75, 3.05) is 0 Å². The van der Waals surface area contributed by atoms with Crippen LogP contribution in [0.1, 0.15) is 35.8 Å². The number of carbonyl (C=O) groups is 1. The molecule has 0 aliphatic rings. The molecule has 0 aromatic carbocycles. The van der Waals surface area contributed by atoms with E-state index in [1.165, 1.54) is 12.3 Å². The molecule has 1 aromatic heterocycles. The van der Waals surface area contributed by atoms with Crippen molar-refractivity contribution in [3.8, 4) is 0 Å². The summed E-state index contributed by atoms with van der Waals surface area (Å²) in [4.78, 5) is 14.5. The van der Waals surface area contributed by atoms with E-state index in [-0.39, 0.29) is 11.5 Å². The monoisotopic (exact) mass is 199 g/mol. The summed E-state index contributed by atoms with van der Waals surface area (Å²) in [6, 6.07) is 1.42. The summed E-state index contributed by atoms with van der Waals surface area (Å²) in [6.07, 6.45) is 1.32. The lowest BCUT2D eigenvalue weighted by Gasteiger charge is -2.06. The van der Waals surface area contributed by atoms with Gasteiger partial charge in [0.2, 0.25) is 0 Å². The molecule has 0 saturated heterocycles. The molecule has 0 atom stereocenters. The minimum absolute atomic E-state index is 0.120. The summed E-state index contributed by atoms with van der Waals surface area (Å²) in [5.41, 5.74) is 0.848. The molecule has 0 unspecified atom stereocenters. The molecule has 0 amide bonds. The fourth-order valence-electron chi connectivity index (χ4n) is 0.990. The van der Waals surface area contributed by atoms with E-state index in [0.717, 1.165) is 5.69 Å². The smallest absolute Gasteiger partial charge is 0.337 e. The maximum atomic E-state index is 10.5. The van der Waals surface area contributed by atoms with E-state index in [0.29, 0.717) is 5.02 Å². The highest BCUT2D eigenvalue weighted by molar-refractivity contribution is 6.31. The number of hydrogen-bond donors (Lipinski definition) is 1. The summed E-state index contributed by atoms with van der Waals surface area (Å²) in [6.45, 7) is 3.91. The fraction of sp³-hybridized carbons (Fsp3) is 0.333. The lowest BCUT2D eigenvalue weighted by Crippen LogP contribution is -2.00.